The normalized spacial score (nSPS) is 12.3. The van der Waals surface area contributed by atoms with Crippen molar-refractivity contribution in [2.75, 3.05) is 32.1 Å². The molecule has 0 saturated heterocycles. The molecule has 1 amide bonds. The van der Waals surface area contributed by atoms with Crippen molar-refractivity contribution in [3.8, 4) is 11.8 Å². The SMILES string of the molecule is CNc1cc(C#Cc2cccnc2Cl)n(C)n1.O=CNCCOCC1CC1. The number of carbonyl (C=O) groups excluding carboxylic acids is 1. The summed E-state index contributed by atoms with van der Waals surface area (Å²) in [4.78, 5) is 13.7. The molecule has 0 atom stereocenters. The number of nitrogens with one attached hydrogen (secondary N) is 2. The van der Waals surface area contributed by atoms with Crippen LogP contribution in [0.25, 0.3) is 0 Å². The Morgan fingerprint density at radius 1 is 1.44 bits per heavy atom. The van der Waals surface area contributed by atoms with E-state index in [1.807, 2.05) is 26.2 Å². The van der Waals surface area contributed by atoms with Crippen LogP contribution in [0.3, 0.4) is 0 Å². The first kappa shape index (κ1) is 20.7. The van der Waals surface area contributed by atoms with Gasteiger partial charge in [-0.3, -0.25) is 9.48 Å². The molecule has 0 unspecified atom stereocenters. The molecular formula is C19H24ClN5O2. The maximum Gasteiger partial charge on any atom is 0.207 e. The maximum absolute atomic E-state index is 9.75. The predicted octanol–water partition coefficient (Wildman–Crippen LogP) is 2.07. The van der Waals surface area contributed by atoms with Gasteiger partial charge in [0.25, 0.3) is 0 Å². The van der Waals surface area contributed by atoms with Crippen LogP contribution in [0.1, 0.15) is 24.1 Å². The number of halogens is 1. The van der Waals surface area contributed by atoms with E-state index >= 15 is 0 Å². The Morgan fingerprint density at radius 3 is 2.89 bits per heavy atom. The topological polar surface area (TPSA) is 81.1 Å². The van der Waals surface area contributed by atoms with Crippen LogP contribution in [-0.2, 0) is 16.6 Å². The number of amides is 1. The van der Waals surface area contributed by atoms with Gasteiger partial charge in [0.05, 0.1) is 12.2 Å². The second kappa shape index (κ2) is 11.2. The fourth-order valence-electron chi connectivity index (χ4n) is 2.04. The standard InChI is InChI=1S/C12H11ClN4.C7H13NO2/c1-14-11-8-10(17(2)16-11)6-5-9-4-3-7-15-12(9)13;9-6-8-3-4-10-5-7-1-2-7/h3-4,7-8H,1-2H3,(H,14,16);6-7H,1-5H2,(H,8,9). The van der Waals surface area contributed by atoms with Gasteiger partial charge in [-0.15, -0.1) is 0 Å². The first-order chi connectivity index (χ1) is 13.1. The molecule has 7 nitrogen and oxygen atoms in total. The van der Waals surface area contributed by atoms with E-state index in [1.165, 1.54) is 12.8 Å². The fourth-order valence-corrected chi connectivity index (χ4v) is 2.21. The smallest absolute Gasteiger partial charge is 0.207 e. The highest BCUT2D eigenvalue weighted by Crippen LogP contribution is 2.28. The molecule has 0 radical (unpaired) electrons. The van der Waals surface area contributed by atoms with E-state index in [4.69, 9.17) is 16.3 Å². The van der Waals surface area contributed by atoms with Gasteiger partial charge in [0.1, 0.15) is 16.7 Å². The summed E-state index contributed by atoms with van der Waals surface area (Å²) in [7, 11) is 3.66. The van der Waals surface area contributed by atoms with E-state index in [9.17, 15) is 4.79 Å². The first-order valence-corrected chi connectivity index (χ1v) is 9.11. The summed E-state index contributed by atoms with van der Waals surface area (Å²) in [5, 5.41) is 10.1. The number of aryl methyl sites for hydroxylation is 1. The van der Waals surface area contributed by atoms with Crippen LogP contribution in [0.15, 0.2) is 24.4 Å². The van der Waals surface area contributed by atoms with Gasteiger partial charge in [0.15, 0.2) is 0 Å². The zero-order valence-electron chi connectivity index (χ0n) is 15.5. The van der Waals surface area contributed by atoms with E-state index in [2.05, 4.69) is 32.6 Å². The molecule has 1 aliphatic rings. The summed E-state index contributed by atoms with van der Waals surface area (Å²) < 4.78 is 6.95. The molecule has 1 saturated carbocycles. The highest BCUT2D eigenvalue weighted by molar-refractivity contribution is 6.30. The highest BCUT2D eigenvalue weighted by Gasteiger charge is 2.20. The average Bonchev–Trinajstić information content (AvgIpc) is 3.43. The number of carbonyl (C=O) groups is 1. The number of ether oxygens (including phenoxy) is 1. The van der Waals surface area contributed by atoms with Gasteiger partial charge < -0.3 is 15.4 Å². The summed E-state index contributed by atoms with van der Waals surface area (Å²) in [5.41, 5.74) is 1.52. The Morgan fingerprint density at radius 2 is 2.26 bits per heavy atom. The lowest BCUT2D eigenvalue weighted by Crippen LogP contribution is -2.17. The maximum atomic E-state index is 9.75. The van der Waals surface area contributed by atoms with Crippen molar-refractivity contribution in [3.05, 3.63) is 40.8 Å². The lowest BCUT2D eigenvalue weighted by atomic mass is 10.3. The average molecular weight is 390 g/mol. The number of pyridine rings is 1. The second-order valence-corrected chi connectivity index (χ2v) is 6.33. The Hall–Kier alpha value is -2.56. The third kappa shape index (κ3) is 7.69. The summed E-state index contributed by atoms with van der Waals surface area (Å²) in [6.07, 6.45) is 4.97. The van der Waals surface area contributed by atoms with Gasteiger partial charge >= 0.3 is 0 Å². The van der Waals surface area contributed by atoms with Crippen molar-refractivity contribution in [3.63, 3.8) is 0 Å². The Labute approximate surface area is 164 Å². The van der Waals surface area contributed by atoms with Gasteiger partial charge in [-0.25, -0.2) is 4.98 Å². The van der Waals surface area contributed by atoms with Gasteiger partial charge in [0.2, 0.25) is 6.41 Å². The largest absolute Gasteiger partial charge is 0.379 e. The highest BCUT2D eigenvalue weighted by atomic mass is 35.5. The van der Waals surface area contributed by atoms with Gasteiger partial charge in [-0.05, 0) is 36.8 Å². The van der Waals surface area contributed by atoms with Crippen molar-refractivity contribution in [2.45, 2.75) is 12.8 Å². The minimum absolute atomic E-state index is 0.413. The van der Waals surface area contributed by atoms with Crippen molar-refractivity contribution < 1.29 is 9.53 Å². The third-order valence-corrected chi connectivity index (χ3v) is 4.05. The van der Waals surface area contributed by atoms with Gasteiger partial charge in [-0.2, -0.15) is 5.10 Å². The molecular weight excluding hydrogens is 366 g/mol. The van der Waals surface area contributed by atoms with E-state index in [-0.39, 0.29) is 0 Å². The number of nitrogens with zero attached hydrogens (tertiary/aromatic N) is 3. The van der Waals surface area contributed by atoms with E-state index in [0.29, 0.717) is 30.3 Å². The minimum Gasteiger partial charge on any atom is -0.379 e. The summed E-state index contributed by atoms with van der Waals surface area (Å²) in [5.74, 6) is 7.59. The van der Waals surface area contributed by atoms with Crippen molar-refractivity contribution in [1.29, 1.82) is 0 Å². The van der Waals surface area contributed by atoms with Crippen LogP contribution in [0.2, 0.25) is 5.15 Å². The van der Waals surface area contributed by atoms with Crippen LogP contribution in [-0.4, -0.2) is 48.0 Å². The number of rotatable bonds is 7. The second-order valence-electron chi connectivity index (χ2n) is 5.97. The molecule has 1 fully saturated rings. The Balaban J connectivity index is 0.000000223. The minimum atomic E-state index is 0.413. The summed E-state index contributed by atoms with van der Waals surface area (Å²) in [6, 6.07) is 5.51. The van der Waals surface area contributed by atoms with Crippen molar-refractivity contribution >= 4 is 23.8 Å². The van der Waals surface area contributed by atoms with Crippen LogP contribution in [0.4, 0.5) is 5.82 Å². The van der Waals surface area contributed by atoms with E-state index in [1.54, 1.807) is 16.9 Å². The monoisotopic (exact) mass is 389 g/mol. The Kier molecular flexibility index (Phi) is 8.62. The molecule has 0 spiro atoms. The van der Waals surface area contributed by atoms with E-state index in [0.717, 1.165) is 24.0 Å². The molecule has 27 heavy (non-hydrogen) atoms. The molecule has 2 aromatic rings. The molecule has 0 bridgehead atoms. The first-order valence-electron chi connectivity index (χ1n) is 8.73. The van der Waals surface area contributed by atoms with Crippen LogP contribution < -0.4 is 10.6 Å². The summed E-state index contributed by atoms with van der Waals surface area (Å²) >= 11 is 5.91. The molecule has 2 N–H and O–H groups in total. The van der Waals surface area contributed by atoms with Crippen LogP contribution in [0.5, 0.6) is 0 Å². The zero-order valence-corrected chi connectivity index (χ0v) is 16.3. The lowest BCUT2D eigenvalue weighted by molar-refractivity contribution is -0.109. The molecule has 2 aromatic heterocycles. The predicted molar refractivity (Wildman–Crippen MR) is 106 cm³/mol. The molecule has 3 rings (SSSR count). The molecule has 144 valence electrons. The van der Waals surface area contributed by atoms with E-state index < -0.39 is 0 Å². The molecule has 1 aliphatic carbocycles. The van der Waals surface area contributed by atoms with Gasteiger partial charge in [0, 0.05) is 39.5 Å². The summed E-state index contributed by atoms with van der Waals surface area (Å²) in [6.45, 7) is 2.16. The molecule has 0 aliphatic heterocycles. The molecule has 2 heterocycles. The lowest BCUT2D eigenvalue weighted by Gasteiger charge is -2.00. The number of aromatic nitrogens is 3. The van der Waals surface area contributed by atoms with Crippen molar-refractivity contribution in [1.82, 2.24) is 20.1 Å². The third-order valence-electron chi connectivity index (χ3n) is 3.74. The van der Waals surface area contributed by atoms with Gasteiger partial charge in [-0.1, -0.05) is 17.5 Å². The number of anilines is 1. The Bertz CT molecular complexity index is 793. The number of hydrogen-bond acceptors (Lipinski definition) is 5. The fraction of sp³-hybridized carbons (Fsp3) is 0.421. The quantitative estimate of drug-likeness (QED) is 0.328. The van der Waals surface area contributed by atoms with Crippen LogP contribution in [0, 0.1) is 17.8 Å². The molecule has 8 heteroatoms. The van der Waals surface area contributed by atoms with Crippen molar-refractivity contribution in [2.24, 2.45) is 13.0 Å². The zero-order chi connectivity index (χ0) is 19.5. The number of hydrogen-bond donors (Lipinski definition) is 2. The molecule has 0 aromatic carbocycles. The van der Waals surface area contributed by atoms with Crippen LogP contribution >= 0.6 is 11.6 Å².